The fraction of sp³-hybridized carbons (Fsp3) is 0.125. The minimum absolute atomic E-state index is 0.763. The molecule has 0 amide bonds. The lowest BCUT2D eigenvalue weighted by atomic mass is 10.1. The monoisotopic (exact) mass is 264 g/mol. The van der Waals surface area contributed by atoms with Crippen LogP contribution in [0, 0.1) is 6.92 Å². The normalized spacial score (nSPS) is 10.4. The highest BCUT2D eigenvalue weighted by atomic mass is 15.1. The fourth-order valence-electron chi connectivity index (χ4n) is 1.98. The molecule has 3 aromatic rings. The van der Waals surface area contributed by atoms with E-state index in [0.717, 1.165) is 23.6 Å². The number of hydrogen-bond donors (Lipinski definition) is 2. The van der Waals surface area contributed by atoms with Crippen molar-refractivity contribution in [2.75, 3.05) is 5.32 Å². The first kappa shape index (κ1) is 12.4. The number of pyridine rings is 1. The summed E-state index contributed by atoms with van der Waals surface area (Å²) in [7, 11) is 0. The van der Waals surface area contributed by atoms with Crippen LogP contribution in [0.15, 0.2) is 54.9 Å². The van der Waals surface area contributed by atoms with Crippen LogP contribution in [0.4, 0.5) is 5.82 Å². The first-order valence-corrected chi connectivity index (χ1v) is 6.56. The standard InChI is InChI=1S/C16H16N4/c1-12-2-7-16(17-10-12)18-11-13-3-5-14(6-4-13)15-8-9-19-20-15/h2-10H,11H2,1H3,(H,17,18)(H,19,20). The number of H-pyrrole nitrogens is 1. The number of nitrogens with one attached hydrogen (secondary N) is 2. The summed E-state index contributed by atoms with van der Waals surface area (Å²) >= 11 is 0. The number of aryl methyl sites for hydroxylation is 1. The predicted octanol–water partition coefficient (Wildman–Crippen LogP) is 3.39. The van der Waals surface area contributed by atoms with Gasteiger partial charge in [-0.3, -0.25) is 5.10 Å². The smallest absolute Gasteiger partial charge is 0.126 e. The second-order valence-electron chi connectivity index (χ2n) is 4.74. The summed E-state index contributed by atoms with van der Waals surface area (Å²) in [6.45, 7) is 2.80. The molecule has 0 aliphatic carbocycles. The van der Waals surface area contributed by atoms with Gasteiger partial charge in [-0.05, 0) is 35.7 Å². The lowest BCUT2D eigenvalue weighted by molar-refractivity contribution is 1.09. The van der Waals surface area contributed by atoms with Gasteiger partial charge in [0.05, 0.1) is 5.69 Å². The number of aromatic amines is 1. The van der Waals surface area contributed by atoms with Crippen LogP contribution < -0.4 is 5.32 Å². The second-order valence-corrected chi connectivity index (χ2v) is 4.74. The van der Waals surface area contributed by atoms with E-state index in [1.54, 1.807) is 6.20 Å². The number of nitrogens with zero attached hydrogens (tertiary/aromatic N) is 2. The van der Waals surface area contributed by atoms with E-state index in [-0.39, 0.29) is 0 Å². The summed E-state index contributed by atoms with van der Waals surface area (Å²) < 4.78 is 0. The van der Waals surface area contributed by atoms with Gasteiger partial charge in [-0.25, -0.2) is 4.98 Å². The molecule has 0 bridgehead atoms. The molecule has 2 N–H and O–H groups in total. The number of aromatic nitrogens is 3. The van der Waals surface area contributed by atoms with Crippen molar-refractivity contribution in [3.8, 4) is 11.3 Å². The van der Waals surface area contributed by atoms with E-state index in [9.17, 15) is 0 Å². The zero-order chi connectivity index (χ0) is 13.8. The van der Waals surface area contributed by atoms with Gasteiger partial charge >= 0.3 is 0 Å². The molecule has 4 nitrogen and oxygen atoms in total. The fourth-order valence-corrected chi connectivity index (χ4v) is 1.98. The summed E-state index contributed by atoms with van der Waals surface area (Å²) in [5.41, 5.74) is 4.56. The first-order chi connectivity index (χ1) is 9.81. The number of anilines is 1. The molecule has 0 unspecified atom stereocenters. The third-order valence-corrected chi connectivity index (χ3v) is 3.15. The molecule has 0 aliphatic heterocycles. The maximum atomic E-state index is 4.33. The Bertz CT molecular complexity index is 655. The Labute approximate surface area is 117 Å². The summed E-state index contributed by atoms with van der Waals surface area (Å²) in [4.78, 5) is 4.33. The average Bonchev–Trinajstić information content (AvgIpc) is 3.01. The molecule has 0 atom stereocenters. The SMILES string of the molecule is Cc1ccc(NCc2ccc(-c3ccn[nH]3)cc2)nc1. The lowest BCUT2D eigenvalue weighted by Gasteiger charge is -2.06. The van der Waals surface area contributed by atoms with Crippen LogP contribution in [0.25, 0.3) is 11.3 Å². The van der Waals surface area contributed by atoms with Crippen LogP contribution >= 0.6 is 0 Å². The van der Waals surface area contributed by atoms with E-state index in [2.05, 4.69) is 50.8 Å². The predicted molar refractivity (Wildman–Crippen MR) is 80.3 cm³/mol. The first-order valence-electron chi connectivity index (χ1n) is 6.56. The van der Waals surface area contributed by atoms with Gasteiger partial charge in [0.25, 0.3) is 0 Å². The zero-order valence-electron chi connectivity index (χ0n) is 11.3. The largest absolute Gasteiger partial charge is 0.366 e. The molecule has 0 aliphatic rings. The van der Waals surface area contributed by atoms with Gasteiger partial charge in [0.15, 0.2) is 0 Å². The maximum absolute atomic E-state index is 4.33. The summed E-state index contributed by atoms with van der Waals surface area (Å²) in [5.74, 6) is 0.897. The summed E-state index contributed by atoms with van der Waals surface area (Å²) in [6.07, 6.45) is 3.62. The summed E-state index contributed by atoms with van der Waals surface area (Å²) in [5, 5.41) is 10.2. The third kappa shape index (κ3) is 2.85. The molecule has 2 heterocycles. The van der Waals surface area contributed by atoms with Crippen molar-refractivity contribution in [3.05, 3.63) is 66.0 Å². The maximum Gasteiger partial charge on any atom is 0.126 e. The molecule has 3 rings (SSSR count). The van der Waals surface area contributed by atoms with Crippen LogP contribution in [-0.2, 0) is 6.54 Å². The molecule has 0 saturated carbocycles. The minimum atomic E-state index is 0.763. The van der Waals surface area contributed by atoms with Crippen molar-refractivity contribution in [1.82, 2.24) is 15.2 Å². The van der Waals surface area contributed by atoms with Gasteiger partial charge in [-0.1, -0.05) is 30.3 Å². The van der Waals surface area contributed by atoms with Gasteiger partial charge in [-0.15, -0.1) is 0 Å². The van der Waals surface area contributed by atoms with E-state index in [1.165, 1.54) is 11.1 Å². The number of rotatable bonds is 4. The van der Waals surface area contributed by atoms with Crippen molar-refractivity contribution < 1.29 is 0 Å². The highest BCUT2D eigenvalue weighted by Crippen LogP contribution is 2.17. The molecule has 4 heteroatoms. The van der Waals surface area contributed by atoms with Crippen LogP contribution in [0.1, 0.15) is 11.1 Å². The van der Waals surface area contributed by atoms with Crippen molar-refractivity contribution in [2.24, 2.45) is 0 Å². The van der Waals surface area contributed by atoms with Crippen molar-refractivity contribution >= 4 is 5.82 Å². The van der Waals surface area contributed by atoms with Crippen molar-refractivity contribution in [1.29, 1.82) is 0 Å². The Kier molecular flexibility index (Phi) is 3.46. The molecular weight excluding hydrogens is 248 g/mol. The van der Waals surface area contributed by atoms with E-state index < -0.39 is 0 Å². The molecule has 2 aromatic heterocycles. The quantitative estimate of drug-likeness (QED) is 0.759. The van der Waals surface area contributed by atoms with Crippen LogP contribution in [0.5, 0.6) is 0 Å². The Morgan fingerprint density at radius 3 is 2.55 bits per heavy atom. The van der Waals surface area contributed by atoms with E-state index >= 15 is 0 Å². The minimum Gasteiger partial charge on any atom is -0.366 e. The highest BCUT2D eigenvalue weighted by molar-refractivity contribution is 5.58. The number of benzene rings is 1. The van der Waals surface area contributed by atoms with E-state index in [0.29, 0.717) is 0 Å². The Morgan fingerprint density at radius 2 is 1.90 bits per heavy atom. The molecule has 0 fully saturated rings. The molecular formula is C16H16N4. The van der Waals surface area contributed by atoms with E-state index in [4.69, 9.17) is 0 Å². The van der Waals surface area contributed by atoms with Gasteiger partial charge in [0, 0.05) is 18.9 Å². The Balaban J connectivity index is 1.65. The molecule has 0 spiro atoms. The van der Waals surface area contributed by atoms with Crippen LogP contribution in [-0.4, -0.2) is 15.2 Å². The number of hydrogen-bond acceptors (Lipinski definition) is 3. The Morgan fingerprint density at radius 1 is 1.05 bits per heavy atom. The highest BCUT2D eigenvalue weighted by Gasteiger charge is 1.99. The van der Waals surface area contributed by atoms with Crippen molar-refractivity contribution in [3.63, 3.8) is 0 Å². The van der Waals surface area contributed by atoms with Gasteiger partial charge in [0.1, 0.15) is 5.82 Å². The van der Waals surface area contributed by atoms with Gasteiger partial charge in [0.2, 0.25) is 0 Å². The average molecular weight is 264 g/mol. The molecule has 20 heavy (non-hydrogen) atoms. The summed E-state index contributed by atoms with van der Waals surface area (Å²) in [6, 6.07) is 14.4. The second kappa shape index (κ2) is 5.57. The molecule has 0 saturated heterocycles. The van der Waals surface area contributed by atoms with Crippen LogP contribution in [0.3, 0.4) is 0 Å². The topological polar surface area (TPSA) is 53.6 Å². The van der Waals surface area contributed by atoms with Crippen LogP contribution in [0.2, 0.25) is 0 Å². The molecule has 0 radical (unpaired) electrons. The Hall–Kier alpha value is -2.62. The zero-order valence-corrected chi connectivity index (χ0v) is 11.3. The van der Waals surface area contributed by atoms with E-state index in [1.807, 2.05) is 25.3 Å². The lowest BCUT2D eigenvalue weighted by Crippen LogP contribution is -2.01. The van der Waals surface area contributed by atoms with Crippen molar-refractivity contribution in [2.45, 2.75) is 13.5 Å². The van der Waals surface area contributed by atoms with Gasteiger partial charge in [-0.2, -0.15) is 5.10 Å². The molecule has 100 valence electrons. The molecule has 1 aromatic carbocycles. The van der Waals surface area contributed by atoms with Gasteiger partial charge < -0.3 is 5.32 Å². The third-order valence-electron chi connectivity index (χ3n) is 3.15.